The Morgan fingerprint density at radius 2 is 1.78 bits per heavy atom. The first kappa shape index (κ1) is 34.5. The van der Waals surface area contributed by atoms with Crippen LogP contribution in [0.3, 0.4) is 0 Å². The molecule has 0 aromatic rings. The van der Waals surface area contributed by atoms with Crippen molar-refractivity contribution in [2.24, 2.45) is 62.4 Å². The Labute approximate surface area is 269 Å². The first-order valence-corrected chi connectivity index (χ1v) is 17.0. The number of carbonyl (C=O) groups excluding carboxylic acids is 2. The molecule has 9 nitrogen and oxygen atoms in total. The zero-order valence-electron chi connectivity index (χ0n) is 28.9. The number of carboxylic acid groups (broad SMARTS) is 1. The summed E-state index contributed by atoms with van der Waals surface area (Å²) in [6, 6.07) is -0.322. The maximum absolute atomic E-state index is 14.8. The Morgan fingerprint density at radius 3 is 2.38 bits per heavy atom. The first-order chi connectivity index (χ1) is 20.9. The van der Waals surface area contributed by atoms with E-state index in [-0.39, 0.29) is 42.2 Å². The van der Waals surface area contributed by atoms with Gasteiger partial charge in [-0.15, -0.1) is 0 Å². The van der Waals surface area contributed by atoms with Crippen molar-refractivity contribution in [3.63, 3.8) is 0 Å². The van der Waals surface area contributed by atoms with E-state index in [4.69, 9.17) is 24.7 Å². The summed E-state index contributed by atoms with van der Waals surface area (Å²) < 4.78 is 24.2. The van der Waals surface area contributed by atoms with Gasteiger partial charge in [-0.2, -0.15) is 0 Å². The van der Waals surface area contributed by atoms with E-state index in [1.807, 2.05) is 13.0 Å². The third-order valence-electron chi connectivity index (χ3n) is 14.1. The fourth-order valence-electron chi connectivity index (χ4n) is 11.5. The predicted octanol–water partition coefficient (Wildman–Crippen LogP) is 5.04. The average Bonchev–Trinajstić information content (AvgIpc) is 2.93. The molecule has 254 valence electrons. The highest BCUT2D eigenvalue weighted by Crippen LogP contribution is 2.74. The SMILES string of the molecule is COCC(N)CO[C@H]1[C@H](OC(C)=O)C[C@@]23COC[C@]1(C)[C@@H]2CC[C@H]1C3=CC(=O)[C@@]2(C)[C@H](C(=O)O)[C@@](C)([C@H](C)C(C)C)CC[C@]12C. The quantitative estimate of drug-likeness (QED) is 0.336. The van der Waals surface area contributed by atoms with Crippen LogP contribution in [0.25, 0.3) is 0 Å². The van der Waals surface area contributed by atoms with Gasteiger partial charge in [0.1, 0.15) is 12.2 Å². The van der Waals surface area contributed by atoms with E-state index in [1.165, 1.54) is 6.92 Å². The van der Waals surface area contributed by atoms with Gasteiger partial charge < -0.3 is 29.8 Å². The van der Waals surface area contributed by atoms with Gasteiger partial charge in [0, 0.05) is 30.3 Å². The second-order valence-corrected chi connectivity index (χ2v) is 16.6. The van der Waals surface area contributed by atoms with E-state index in [9.17, 15) is 19.5 Å². The highest BCUT2D eigenvalue weighted by atomic mass is 16.6. The minimum Gasteiger partial charge on any atom is -0.481 e. The smallest absolute Gasteiger partial charge is 0.308 e. The minimum absolute atomic E-state index is 0.0220. The van der Waals surface area contributed by atoms with E-state index >= 15 is 0 Å². The summed E-state index contributed by atoms with van der Waals surface area (Å²) in [5, 5.41) is 10.9. The van der Waals surface area contributed by atoms with Gasteiger partial charge in [-0.05, 0) is 72.7 Å². The van der Waals surface area contributed by atoms with Gasteiger partial charge in [0.25, 0.3) is 0 Å². The number of allylic oxidation sites excluding steroid dienone is 1. The molecule has 3 N–H and O–H groups in total. The van der Waals surface area contributed by atoms with Crippen LogP contribution in [0.5, 0.6) is 0 Å². The summed E-state index contributed by atoms with van der Waals surface area (Å²) in [5.74, 6) is -1.54. The molecule has 0 amide bonds. The van der Waals surface area contributed by atoms with Crippen LogP contribution in [0, 0.1) is 56.7 Å². The number of rotatable bonds is 9. The van der Waals surface area contributed by atoms with Crippen molar-refractivity contribution in [1.82, 2.24) is 0 Å². The molecule has 5 rings (SSSR count). The van der Waals surface area contributed by atoms with E-state index in [0.717, 1.165) is 31.3 Å². The van der Waals surface area contributed by atoms with Crippen molar-refractivity contribution in [3.8, 4) is 0 Å². The van der Waals surface area contributed by atoms with Crippen molar-refractivity contribution in [2.45, 2.75) is 106 Å². The van der Waals surface area contributed by atoms with E-state index in [0.29, 0.717) is 32.2 Å². The van der Waals surface area contributed by atoms with E-state index < -0.39 is 51.2 Å². The molecule has 0 aromatic heterocycles. The van der Waals surface area contributed by atoms with Crippen LogP contribution < -0.4 is 5.73 Å². The molecular formula is C36H57NO8. The normalized spacial score (nSPS) is 45.4. The molecule has 1 heterocycles. The largest absolute Gasteiger partial charge is 0.481 e. The minimum atomic E-state index is -1.06. The number of carbonyl (C=O) groups is 3. The number of ketones is 1. The maximum Gasteiger partial charge on any atom is 0.308 e. The molecule has 1 saturated heterocycles. The topological polar surface area (TPSA) is 134 Å². The van der Waals surface area contributed by atoms with Crippen molar-refractivity contribution in [3.05, 3.63) is 11.6 Å². The van der Waals surface area contributed by atoms with Gasteiger partial charge in [-0.3, -0.25) is 14.4 Å². The Balaban J connectivity index is 1.61. The van der Waals surface area contributed by atoms with Gasteiger partial charge in [-0.25, -0.2) is 0 Å². The third kappa shape index (κ3) is 4.88. The van der Waals surface area contributed by atoms with Crippen LogP contribution >= 0.6 is 0 Å². The molecule has 45 heavy (non-hydrogen) atoms. The number of aliphatic carboxylic acids is 1. The van der Waals surface area contributed by atoms with Crippen LogP contribution in [0.2, 0.25) is 0 Å². The summed E-state index contributed by atoms with van der Waals surface area (Å²) in [4.78, 5) is 40.6. The van der Waals surface area contributed by atoms with Gasteiger partial charge >= 0.3 is 11.9 Å². The lowest BCUT2D eigenvalue weighted by Gasteiger charge is -2.70. The van der Waals surface area contributed by atoms with E-state index in [2.05, 4.69) is 41.5 Å². The highest BCUT2D eigenvalue weighted by Gasteiger charge is 2.74. The molecule has 1 aliphatic heterocycles. The molecule has 0 aromatic carbocycles. The fraction of sp³-hybridized carbons (Fsp3) is 0.861. The van der Waals surface area contributed by atoms with Gasteiger partial charge in [0.05, 0.1) is 38.4 Å². The fourth-order valence-corrected chi connectivity index (χ4v) is 11.5. The number of carboxylic acids is 1. The number of fused-ring (bicyclic) bond motifs is 3. The molecule has 2 bridgehead atoms. The monoisotopic (exact) mass is 631 g/mol. The Kier molecular flexibility index (Phi) is 8.98. The second-order valence-electron chi connectivity index (χ2n) is 16.6. The molecule has 0 spiro atoms. The molecule has 0 radical (unpaired) electrons. The van der Waals surface area contributed by atoms with Crippen molar-refractivity contribution >= 4 is 17.7 Å². The van der Waals surface area contributed by atoms with Crippen molar-refractivity contribution < 1.29 is 38.4 Å². The second kappa shape index (κ2) is 11.7. The lowest BCUT2D eigenvalue weighted by atomic mass is 9.34. The van der Waals surface area contributed by atoms with Crippen molar-refractivity contribution in [1.29, 1.82) is 0 Å². The Morgan fingerprint density at radius 1 is 1.09 bits per heavy atom. The van der Waals surface area contributed by atoms with Crippen LogP contribution in [-0.2, 0) is 33.3 Å². The lowest BCUT2D eigenvalue weighted by Crippen LogP contribution is -2.71. The van der Waals surface area contributed by atoms with Crippen molar-refractivity contribution in [2.75, 3.05) is 33.5 Å². The molecule has 1 unspecified atom stereocenters. The van der Waals surface area contributed by atoms with E-state index in [1.54, 1.807) is 7.11 Å². The van der Waals surface area contributed by atoms with Gasteiger partial charge in [-0.1, -0.05) is 54.0 Å². The first-order valence-electron chi connectivity index (χ1n) is 17.0. The molecule has 5 aliphatic rings. The summed E-state index contributed by atoms with van der Waals surface area (Å²) in [6.45, 7) is 17.8. The third-order valence-corrected chi connectivity index (χ3v) is 14.1. The molecule has 9 heteroatoms. The average molecular weight is 632 g/mol. The Bertz CT molecular complexity index is 1230. The van der Waals surface area contributed by atoms with Gasteiger partial charge in [0.2, 0.25) is 0 Å². The standard InChI is InChI=1S/C36H57NO8/c1-20(2)21(3)32(5)12-13-34(7)24-10-11-27-33(6)18-43-19-36(27,25(24)14-28(39)35(34,8)29(32)31(40)41)15-26(45-22(4)38)30(33)44-17-23(37)16-42-9/h14,20-21,23-24,26-27,29-30H,10-13,15-19,37H2,1-9H3,(H,40,41)/t21-,23?,24+,26-,27+,29-,30+,32-,33-,34-,35+,36+/m1/s1. The lowest BCUT2D eigenvalue weighted by molar-refractivity contribution is -0.266. The predicted molar refractivity (Wildman–Crippen MR) is 169 cm³/mol. The molecule has 4 aliphatic carbocycles. The maximum atomic E-state index is 14.8. The van der Waals surface area contributed by atoms with Crippen LogP contribution in [0.4, 0.5) is 0 Å². The van der Waals surface area contributed by atoms with Crippen LogP contribution in [0.1, 0.15) is 87.5 Å². The summed E-state index contributed by atoms with van der Waals surface area (Å²) >= 11 is 0. The molecule has 12 atom stereocenters. The zero-order chi connectivity index (χ0) is 33.3. The zero-order valence-corrected chi connectivity index (χ0v) is 28.9. The molecule has 3 saturated carbocycles. The van der Waals surface area contributed by atoms with Crippen LogP contribution in [0.15, 0.2) is 11.6 Å². The molecule has 4 fully saturated rings. The summed E-state index contributed by atoms with van der Waals surface area (Å²) in [6.07, 6.45) is 4.66. The number of methoxy groups -OCH3 is 1. The van der Waals surface area contributed by atoms with Gasteiger partial charge in [0.15, 0.2) is 5.78 Å². The summed E-state index contributed by atoms with van der Waals surface area (Å²) in [7, 11) is 1.60. The number of ether oxygens (including phenoxy) is 4. The number of hydrogen-bond donors (Lipinski definition) is 2. The molecular weight excluding hydrogens is 574 g/mol. The Hall–Kier alpha value is -1.81. The van der Waals surface area contributed by atoms with Crippen LogP contribution in [-0.4, -0.2) is 74.6 Å². The summed E-state index contributed by atoms with van der Waals surface area (Å²) in [5.41, 5.74) is 4.20. The number of esters is 1. The highest BCUT2D eigenvalue weighted by molar-refractivity contribution is 6.00. The number of nitrogens with two attached hydrogens (primary N) is 1. The number of hydrogen-bond acceptors (Lipinski definition) is 8.